The number of carbonyl (C=O) groups is 4. The molecule has 1 aromatic carbocycles. The van der Waals surface area contributed by atoms with Crippen molar-refractivity contribution >= 4 is 51.6 Å². The van der Waals surface area contributed by atoms with Gasteiger partial charge in [0.1, 0.15) is 0 Å². The quantitative estimate of drug-likeness (QED) is 0.289. The number of thioether (sulfide) groups is 1. The summed E-state index contributed by atoms with van der Waals surface area (Å²) >= 11 is 1.10. The Morgan fingerprint density at radius 2 is 1.89 bits per heavy atom. The van der Waals surface area contributed by atoms with Crippen LogP contribution in [0.3, 0.4) is 0 Å². The molecule has 1 fully saturated rings. The summed E-state index contributed by atoms with van der Waals surface area (Å²) < 4.78 is 5.31. The van der Waals surface area contributed by atoms with E-state index in [1.54, 1.807) is 4.90 Å². The van der Waals surface area contributed by atoms with Crippen molar-refractivity contribution in [1.29, 1.82) is 5.41 Å². The topological polar surface area (TPSA) is 144 Å². The fourth-order valence-electron chi connectivity index (χ4n) is 4.11. The summed E-state index contributed by atoms with van der Waals surface area (Å²) in [7, 11) is 0. The Balaban J connectivity index is 1.77. The normalized spacial score (nSPS) is 15.4. The second-order valence-corrected chi connectivity index (χ2v) is 10.8. The molecule has 2 aromatic rings. The van der Waals surface area contributed by atoms with Gasteiger partial charge in [0.2, 0.25) is 16.9 Å². The standard InChI is InChI=1S/C26H35N5O5S/c1-17(2)37-26(35)22(8-7-19(32)14-27)30-25(34)23(29-16-24(33)31-9-11-36-12-10-31)13-18-15-28-21-6-4-3-5-20(18)21/h3-6,14-15,17,22-23,27-29H,7-13,16H2,1-2H3,(H,30,34)/t22-,23-/m0/s1. The van der Waals surface area contributed by atoms with Crippen molar-refractivity contribution < 1.29 is 23.9 Å². The van der Waals surface area contributed by atoms with Crippen LogP contribution in [0.1, 0.15) is 32.3 Å². The molecule has 1 aliphatic rings. The van der Waals surface area contributed by atoms with Gasteiger partial charge in [0.05, 0.1) is 38.1 Å². The average molecular weight is 530 g/mol. The SMILES string of the molecule is CC(C)SC(=O)[C@H](CCC(=O)C=N)NC(=O)[C@H](Cc1c[nH]c2ccccc12)NCC(=O)N1CCOCC1. The van der Waals surface area contributed by atoms with Crippen molar-refractivity contribution in [1.82, 2.24) is 20.5 Å². The average Bonchev–Trinajstić information content (AvgIpc) is 3.31. The van der Waals surface area contributed by atoms with Gasteiger partial charge >= 0.3 is 0 Å². The van der Waals surface area contributed by atoms with Crippen LogP contribution in [0.25, 0.3) is 10.9 Å². The van der Waals surface area contributed by atoms with Crippen molar-refractivity contribution in [3.8, 4) is 0 Å². The molecule has 0 bridgehead atoms. The lowest BCUT2D eigenvalue weighted by molar-refractivity contribution is -0.134. The number of para-hydroxylation sites is 1. The number of aromatic amines is 1. The van der Waals surface area contributed by atoms with E-state index in [0.717, 1.165) is 34.4 Å². The van der Waals surface area contributed by atoms with Gasteiger partial charge in [0.15, 0.2) is 5.78 Å². The number of H-pyrrole nitrogens is 1. The second kappa shape index (κ2) is 14.1. The number of carbonyl (C=O) groups excluding carboxylic acids is 4. The maximum atomic E-state index is 13.5. The Bertz CT molecular complexity index is 1110. The highest BCUT2D eigenvalue weighted by molar-refractivity contribution is 8.14. The summed E-state index contributed by atoms with van der Waals surface area (Å²) in [5.74, 6) is -0.962. The molecule has 3 rings (SSSR count). The summed E-state index contributed by atoms with van der Waals surface area (Å²) in [5, 5.41) is 13.8. The van der Waals surface area contributed by atoms with Gasteiger partial charge in [-0.05, 0) is 24.5 Å². The molecule has 0 spiro atoms. The van der Waals surface area contributed by atoms with Crippen molar-refractivity contribution in [3.63, 3.8) is 0 Å². The number of fused-ring (bicyclic) bond motifs is 1. The number of hydrogen-bond donors (Lipinski definition) is 4. The minimum absolute atomic E-state index is 0.0108. The summed E-state index contributed by atoms with van der Waals surface area (Å²) in [5.41, 5.74) is 1.84. The Kier molecular flexibility index (Phi) is 10.8. The number of ether oxygens (including phenoxy) is 1. The predicted molar refractivity (Wildman–Crippen MR) is 144 cm³/mol. The third-order valence-corrected chi connectivity index (χ3v) is 7.06. The molecule has 11 heteroatoms. The predicted octanol–water partition coefficient (Wildman–Crippen LogP) is 1.68. The number of amides is 2. The molecule has 2 atom stereocenters. The zero-order valence-corrected chi connectivity index (χ0v) is 22.1. The molecule has 10 nitrogen and oxygen atoms in total. The molecule has 1 aliphatic heterocycles. The van der Waals surface area contributed by atoms with Crippen molar-refractivity contribution in [3.05, 3.63) is 36.0 Å². The number of ketones is 1. The Morgan fingerprint density at radius 1 is 1.16 bits per heavy atom. The van der Waals surface area contributed by atoms with Crippen LogP contribution in [0.5, 0.6) is 0 Å². The number of Topliss-reactive ketones (excluding diaryl/α,β-unsaturated/α-hetero) is 1. The van der Waals surface area contributed by atoms with Crippen LogP contribution in [0, 0.1) is 5.41 Å². The lowest BCUT2D eigenvalue weighted by atomic mass is 10.0. The number of rotatable bonds is 13. The van der Waals surface area contributed by atoms with E-state index in [1.807, 2.05) is 44.3 Å². The molecular weight excluding hydrogens is 494 g/mol. The molecule has 200 valence electrons. The fourth-order valence-corrected chi connectivity index (χ4v) is 4.91. The molecule has 4 N–H and O–H groups in total. The fraction of sp³-hybridized carbons (Fsp3) is 0.500. The van der Waals surface area contributed by atoms with Gasteiger partial charge in [0, 0.05) is 41.9 Å². The first-order valence-corrected chi connectivity index (χ1v) is 13.3. The molecule has 0 unspecified atom stereocenters. The van der Waals surface area contributed by atoms with Gasteiger partial charge in [-0.1, -0.05) is 43.8 Å². The second-order valence-electron chi connectivity index (χ2n) is 9.19. The van der Waals surface area contributed by atoms with E-state index in [4.69, 9.17) is 10.1 Å². The van der Waals surface area contributed by atoms with Crippen LogP contribution < -0.4 is 10.6 Å². The highest BCUT2D eigenvalue weighted by Gasteiger charge is 2.28. The van der Waals surface area contributed by atoms with E-state index in [1.165, 1.54) is 0 Å². The lowest BCUT2D eigenvalue weighted by Crippen LogP contribution is -2.53. The van der Waals surface area contributed by atoms with E-state index >= 15 is 0 Å². The maximum absolute atomic E-state index is 13.5. The third-order valence-electron chi connectivity index (χ3n) is 6.07. The molecule has 37 heavy (non-hydrogen) atoms. The molecule has 2 amide bonds. The first kappa shape index (κ1) is 28.5. The van der Waals surface area contributed by atoms with Crippen molar-refractivity contribution in [2.75, 3.05) is 32.8 Å². The van der Waals surface area contributed by atoms with E-state index < -0.39 is 23.8 Å². The molecule has 0 radical (unpaired) electrons. The van der Waals surface area contributed by atoms with E-state index in [9.17, 15) is 19.2 Å². The molecule has 2 heterocycles. The smallest absolute Gasteiger partial charge is 0.238 e. The van der Waals surface area contributed by atoms with Crippen molar-refractivity contribution in [2.45, 2.75) is 50.4 Å². The number of morpholine rings is 1. The third kappa shape index (κ3) is 8.51. The molecule has 0 saturated carbocycles. The zero-order valence-electron chi connectivity index (χ0n) is 21.2. The first-order valence-electron chi connectivity index (χ1n) is 12.5. The number of nitrogens with one attached hydrogen (secondary N) is 4. The largest absolute Gasteiger partial charge is 0.378 e. The zero-order chi connectivity index (χ0) is 26.8. The van der Waals surface area contributed by atoms with Gasteiger partial charge in [0.25, 0.3) is 0 Å². The lowest BCUT2D eigenvalue weighted by Gasteiger charge is -2.28. The van der Waals surface area contributed by atoms with Gasteiger partial charge in [-0.15, -0.1) is 0 Å². The van der Waals surface area contributed by atoms with Crippen molar-refractivity contribution in [2.24, 2.45) is 0 Å². The van der Waals surface area contributed by atoms with Crippen LogP contribution in [0.2, 0.25) is 0 Å². The summed E-state index contributed by atoms with van der Waals surface area (Å²) in [6.07, 6.45) is 2.94. The van der Waals surface area contributed by atoms with Crippen LogP contribution >= 0.6 is 11.8 Å². The highest BCUT2D eigenvalue weighted by Crippen LogP contribution is 2.20. The van der Waals surface area contributed by atoms with Crippen LogP contribution in [-0.2, 0) is 30.3 Å². The maximum Gasteiger partial charge on any atom is 0.238 e. The molecule has 1 saturated heterocycles. The molecule has 1 aromatic heterocycles. The summed E-state index contributed by atoms with van der Waals surface area (Å²) in [6.45, 7) is 5.69. The number of hydrogen-bond acceptors (Lipinski definition) is 8. The Hall–Kier alpha value is -3.02. The van der Waals surface area contributed by atoms with Gasteiger partial charge in [-0.25, -0.2) is 0 Å². The van der Waals surface area contributed by atoms with E-state index in [-0.39, 0.29) is 35.7 Å². The number of benzene rings is 1. The van der Waals surface area contributed by atoms with Crippen LogP contribution in [0.4, 0.5) is 0 Å². The van der Waals surface area contributed by atoms with E-state index in [0.29, 0.717) is 32.7 Å². The molecule has 0 aliphatic carbocycles. The van der Waals surface area contributed by atoms with E-state index in [2.05, 4.69) is 15.6 Å². The van der Waals surface area contributed by atoms with Gasteiger partial charge < -0.3 is 25.3 Å². The number of aromatic nitrogens is 1. The summed E-state index contributed by atoms with van der Waals surface area (Å²) in [4.78, 5) is 55.7. The van der Waals surface area contributed by atoms with Crippen LogP contribution in [-0.4, -0.2) is 89.0 Å². The molecular formula is C26H35N5O5S. The van der Waals surface area contributed by atoms with Gasteiger partial charge in [-0.3, -0.25) is 24.5 Å². The minimum Gasteiger partial charge on any atom is -0.378 e. The van der Waals surface area contributed by atoms with Gasteiger partial charge in [-0.2, -0.15) is 0 Å². The highest BCUT2D eigenvalue weighted by atomic mass is 32.2. The van der Waals surface area contributed by atoms with Crippen LogP contribution in [0.15, 0.2) is 30.5 Å². The Labute approximate surface area is 220 Å². The minimum atomic E-state index is -0.883. The monoisotopic (exact) mass is 529 g/mol. The Morgan fingerprint density at radius 3 is 2.59 bits per heavy atom. The number of nitrogens with zero attached hydrogens (tertiary/aromatic N) is 1. The summed E-state index contributed by atoms with van der Waals surface area (Å²) in [6, 6.07) is 6.07. The first-order chi connectivity index (χ1) is 17.8.